The van der Waals surface area contributed by atoms with Gasteiger partial charge in [0.25, 0.3) is 0 Å². The molecule has 1 atom stereocenters. The summed E-state index contributed by atoms with van der Waals surface area (Å²) in [6, 6.07) is 5.42. The first-order chi connectivity index (χ1) is 9.00. The normalized spacial score (nSPS) is 12.4. The monoisotopic (exact) mass is 263 g/mol. The minimum absolute atomic E-state index is 0.0514. The Morgan fingerprint density at radius 1 is 1.21 bits per heavy atom. The van der Waals surface area contributed by atoms with Crippen molar-refractivity contribution >= 4 is 0 Å². The second kappa shape index (κ2) is 5.19. The average molecular weight is 263 g/mol. The molecule has 2 aromatic rings. The van der Waals surface area contributed by atoms with Gasteiger partial charge < -0.3 is 14.9 Å². The van der Waals surface area contributed by atoms with Gasteiger partial charge in [-0.3, -0.25) is 9.59 Å². The van der Waals surface area contributed by atoms with Gasteiger partial charge in [0.05, 0.1) is 6.04 Å². The van der Waals surface area contributed by atoms with E-state index in [0.717, 1.165) is 0 Å². The van der Waals surface area contributed by atoms with Gasteiger partial charge in [0.15, 0.2) is 0 Å². The molecule has 5 nitrogen and oxygen atoms in total. The molecule has 0 saturated heterocycles. The van der Waals surface area contributed by atoms with E-state index in [1.807, 2.05) is 0 Å². The van der Waals surface area contributed by atoms with Crippen molar-refractivity contribution in [2.45, 2.75) is 12.6 Å². The van der Waals surface area contributed by atoms with Crippen molar-refractivity contribution in [3.8, 4) is 0 Å². The largest absolute Gasteiger partial charge is 0.322 e. The molecule has 0 spiro atoms. The number of rotatable bonds is 3. The maximum absolute atomic E-state index is 13.6. The van der Waals surface area contributed by atoms with Crippen LogP contribution in [0.4, 0.5) is 4.39 Å². The lowest BCUT2D eigenvalue weighted by molar-refractivity contribution is 0.516. The SMILES string of the molecule is Cn1ccn(CC(N)c2ccccc2F)c(=O)c1=O. The number of aryl methyl sites for hydroxylation is 1. The average Bonchev–Trinajstić information content (AvgIpc) is 2.40. The first kappa shape index (κ1) is 13.2. The topological polar surface area (TPSA) is 70.0 Å². The second-order valence-corrected chi connectivity index (χ2v) is 4.30. The van der Waals surface area contributed by atoms with Crippen molar-refractivity contribution < 1.29 is 4.39 Å². The Kier molecular flexibility index (Phi) is 3.62. The Morgan fingerprint density at radius 2 is 1.89 bits per heavy atom. The quantitative estimate of drug-likeness (QED) is 0.814. The molecule has 0 saturated carbocycles. The van der Waals surface area contributed by atoms with Crippen LogP contribution in [0.3, 0.4) is 0 Å². The molecular formula is C13H14FN3O2. The lowest BCUT2D eigenvalue weighted by Crippen LogP contribution is -2.41. The Hall–Kier alpha value is -2.21. The smallest absolute Gasteiger partial charge is 0.316 e. The third kappa shape index (κ3) is 2.63. The number of hydrogen-bond acceptors (Lipinski definition) is 3. The van der Waals surface area contributed by atoms with E-state index in [2.05, 4.69) is 0 Å². The van der Waals surface area contributed by atoms with Crippen LogP contribution in [-0.4, -0.2) is 9.13 Å². The minimum Gasteiger partial charge on any atom is -0.322 e. The van der Waals surface area contributed by atoms with E-state index in [1.165, 1.54) is 34.6 Å². The summed E-state index contributed by atoms with van der Waals surface area (Å²) in [5, 5.41) is 0. The number of halogens is 1. The summed E-state index contributed by atoms with van der Waals surface area (Å²) in [5.74, 6) is -0.424. The van der Waals surface area contributed by atoms with E-state index in [4.69, 9.17) is 5.73 Å². The number of aromatic nitrogens is 2. The highest BCUT2D eigenvalue weighted by Crippen LogP contribution is 2.15. The maximum Gasteiger partial charge on any atom is 0.316 e. The highest BCUT2D eigenvalue weighted by atomic mass is 19.1. The van der Waals surface area contributed by atoms with Crippen LogP contribution < -0.4 is 16.9 Å². The fraction of sp³-hybridized carbons (Fsp3) is 0.231. The van der Waals surface area contributed by atoms with Gasteiger partial charge in [-0.05, 0) is 6.07 Å². The van der Waals surface area contributed by atoms with Gasteiger partial charge >= 0.3 is 11.1 Å². The molecule has 0 bridgehead atoms. The molecule has 0 amide bonds. The predicted molar refractivity (Wildman–Crippen MR) is 69.3 cm³/mol. The summed E-state index contributed by atoms with van der Waals surface area (Å²) in [6.07, 6.45) is 2.93. The highest BCUT2D eigenvalue weighted by Gasteiger charge is 2.13. The molecule has 1 heterocycles. The Morgan fingerprint density at radius 3 is 2.58 bits per heavy atom. The zero-order chi connectivity index (χ0) is 14.0. The van der Waals surface area contributed by atoms with Crippen molar-refractivity contribution in [3.63, 3.8) is 0 Å². The van der Waals surface area contributed by atoms with Crippen LogP contribution in [0.25, 0.3) is 0 Å². The molecule has 0 aliphatic heterocycles. The molecule has 2 N–H and O–H groups in total. The van der Waals surface area contributed by atoms with Gasteiger partial charge in [-0.25, -0.2) is 4.39 Å². The van der Waals surface area contributed by atoms with Crippen LogP contribution in [0.15, 0.2) is 46.2 Å². The fourth-order valence-electron chi connectivity index (χ4n) is 1.82. The third-order valence-corrected chi connectivity index (χ3v) is 2.93. The summed E-state index contributed by atoms with van der Waals surface area (Å²) < 4.78 is 15.9. The fourth-order valence-corrected chi connectivity index (χ4v) is 1.82. The minimum atomic E-state index is -0.689. The van der Waals surface area contributed by atoms with Gasteiger partial charge in [-0.15, -0.1) is 0 Å². The van der Waals surface area contributed by atoms with Crippen molar-refractivity contribution in [3.05, 3.63) is 68.7 Å². The predicted octanol–water partition coefficient (Wildman–Crippen LogP) is 0.386. The highest BCUT2D eigenvalue weighted by molar-refractivity contribution is 5.20. The molecular weight excluding hydrogens is 249 g/mol. The van der Waals surface area contributed by atoms with E-state index in [1.54, 1.807) is 18.2 Å². The lowest BCUT2D eigenvalue weighted by Gasteiger charge is -2.14. The summed E-state index contributed by atoms with van der Waals surface area (Å²) in [5.41, 5.74) is 4.89. The molecule has 1 aromatic heterocycles. The molecule has 0 aliphatic rings. The standard InChI is InChI=1S/C13H14FN3O2/c1-16-6-7-17(13(19)12(16)18)8-11(15)9-4-2-3-5-10(9)14/h2-7,11H,8,15H2,1H3. The molecule has 2 rings (SSSR count). The Balaban J connectivity index is 2.33. The van der Waals surface area contributed by atoms with Crippen LogP contribution in [0, 0.1) is 5.82 Å². The summed E-state index contributed by atoms with van der Waals surface area (Å²) in [6.45, 7) is 0.0514. The summed E-state index contributed by atoms with van der Waals surface area (Å²) in [4.78, 5) is 23.2. The van der Waals surface area contributed by atoms with Gasteiger partial charge in [-0.1, -0.05) is 18.2 Å². The van der Waals surface area contributed by atoms with Gasteiger partial charge in [0, 0.05) is 31.5 Å². The molecule has 0 fully saturated rings. The first-order valence-electron chi connectivity index (χ1n) is 5.77. The van der Waals surface area contributed by atoms with Gasteiger partial charge in [0.2, 0.25) is 0 Å². The van der Waals surface area contributed by atoms with Crippen LogP contribution in [0.2, 0.25) is 0 Å². The summed E-state index contributed by atoms with van der Waals surface area (Å²) >= 11 is 0. The first-order valence-corrected chi connectivity index (χ1v) is 5.77. The molecule has 1 aromatic carbocycles. The molecule has 0 radical (unpaired) electrons. The van der Waals surface area contributed by atoms with Crippen molar-refractivity contribution in [2.24, 2.45) is 12.8 Å². The number of nitrogens with zero attached hydrogens (tertiary/aromatic N) is 2. The third-order valence-electron chi connectivity index (χ3n) is 2.93. The zero-order valence-electron chi connectivity index (χ0n) is 10.4. The van der Waals surface area contributed by atoms with E-state index < -0.39 is 23.0 Å². The van der Waals surface area contributed by atoms with Crippen LogP contribution in [0.5, 0.6) is 0 Å². The molecule has 1 unspecified atom stereocenters. The van der Waals surface area contributed by atoms with E-state index >= 15 is 0 Å². The Bertz CT molecular complexity index is 706. The van der Waals surface area contributed by atoms with E-state index in [9.17, 15) is 14.0 Å². The van der Waals surface area contributed by atoms with Gasteiger partial charge in [0.1, 0.15) is 5.82 Å². The zero-order valence-corrected chi connectivity index (χ0v) is 10.4. The molecule has 0 aliphatic carbocycles. The van der Waals surface area contributed by atoms with Crippen LogP contribution in [0.1, 0.15) is 11.6 Å². The maximum atomic E-state index is 13.6. The second-order valence-electron chi connectivity index (χ2n) is 4.30. The summed E-state index contributed by atoms with van der Waals surface area (Å²) in [7, 11) is 1.49. The number of nitrogens with two attached hydrogens (primary N) is 1. The number of benzene rings is 1. The van der Waals surface area contributed by atoms with Crippen LogP contribution >= 0.6 is 0 Å². The molecule has 100 valence electrons. The molecule has 6 heteroatoms. The van der Waals surface area contributed by atoms with Crippen molar-refractivity contribution in [2.75, 3.05) is 0 Å². The van der Waals surface area contributed by atoms with E-state index in [-0.39, 0.29) is 6.54 Å². The molecule has 19 heavy (non-hydrogen) atoms. The van der Waals surface area contributed by atoms with E-state index in [0.29, 0.717) is 5.56 Å². The van der Waals surface area contributed by atoms with Crippen LogP contribution in [-0.2, 0) is 13.6 Å². The van der Waals surface area contributed by atoms with Crippen molar-refractivity contribution in [1.29, 1.82) is 0 Å². The van der Waals surface area contributed by atoms with Crippen molar-refractivity contribution in [1.82, 2.24) is 9.13 Å². The number of hydrogen-bond donors (Lipinski definition) is 1. The Labute approximate surface area is 108 Å². The van der Waals surface area contributed by atoms with Gasteiger partial charge in [-0.2, -0.15) is 0 Å². The lowest BCUT2D eigenvalue weighted by atomic mass is 10.1.